The fourth-order valence-electron chi connectivity index (χ4n) is 2.47. The third kappa shape index (κ3) is 3.88. The maximum atomic E-state index is 12.5. The van der Waals surface area contributed by atoms with Gasteiger partial charge in [0.25, 0.3) is 0 Å². The molecule has 0 saturated carbocycles. The zero-order valence-electron chi connectivity index (χ0n) is 13.2. The summed E-state index contributed by atoms with van der Waals surface area (Å²) < 4.78 is 5.65. The third-order valence-corrected chi connectivity index (χ3v) is 3.42. The van der Waals surface area contributed by atoms with Gasteiger partial charge in [-0.3, -0.25) is 9.78 Å². The van der Waals surface area contributed by atoms with E-state index in [1.165, 1.54) is 0 Å². The number of benzene rings is 1. The first kappa shape index (κ1) is 15.6. The Bertz CT molecular complexity index is 628. The number of nitrogens with zero attached hydrogens (tertiary/aromatic N) is 1. The fraction of sp³-hybridized carbons (Fsp3) is 0.444. The van der Waals surface area contributed by atoms with Crippen LogP contribution in [0.15, 0.2) is 36.4 Å². The van der Waals surface area contributed by atoms with E-state index in [2.05, 4.69) is 4.98 Å². The van der Waals surface area contributed by atoms with Crippen LogP contribution in [0.3, 0.4) is 0 Å². The lowest BCUT2D eigenvalue weighted by atomic mass is 9.85. The predicted molar refractivity (Wildman–Crippen MR) is 85.3 cm³/mol. The van der Waals surface area contributed by atoms with Crippen LogP contribution < -0.4 is 0 Å². The SMILES string of the molecule is CCOC(C(=O)Cc1ccc2ccccc2n1)C(C)(C)C. The van der Waals surface area contributed by atoms with Gasteiger partial charge >= 0.3 is 0 Å². The lowest BCUT2D eigenvalue weighted by Crippen LogP contribution is -2.38. The number of pyridine rings is 1. The molecule has 0 aliphatic carbocycles. The van der Waals surface area contributed by atoms with Crippen molar-refractivity contribution in [2.24, 2.45) is 5.41 Å². The molecule has 0 aliphatic rings. The second-order valence-corrected chi connectivity index (χ2v) is 6.34. The maximum Gasteiger partial charge on any atom is 0.168 e. The minimum atomic E-state index is -0.393. The summed E-state index contributed by atoms with van der Waals surface area (Å²) in [6, 6.07) is 11.9. The molecule has 0 fully saturated rings. The number of Topliss-reactive ketones (excluding diaryl/α,β-unsaturated/α-hetero) is 1. The Kier molecular flexibility index (Phi) is 4.73. The number of rotatable bonds is 5. The van der Waals surface area contributed by atoms with Crippen molar-refractivity contribution in [1.82, 2.24) is 4.98 Å². The summed E-state index contributed by atoms with van der Waals surface area (Å²) in [6.45, 7) is 8.54. The number of carbonyl (C=O) groups excluding carboxylic acids is 1. The minimum Gasteiger partial charge on any atom is -0.370 e. The van der Waals surface area contributed by atoms with Crippen LogP contribution in [-0.2, 0) is 16.0 Å². The molecule has 1 aromatic carbocycles. The largest absolute Gasteiger partial charge is 0.370 e. The minimum absolute atomic E-state index is 0.0899. The quantitative estimate of drug-likeness (QED) is 0.839. The van der Waals surface area contributed by atoms with E-state index < -0.39 is 6.10 Å². The first-order valence-corrected chi connectivity index (χ1v) is 7.41. The standard InChI is InChI=1S/C18H23NO2/c1-5-21-17(18(2,3)4)16(20)12-14-11-10-13-8-6-7-9-15(13)19-14/h6-11,17H,5,12H2,1-4H3. The van der Waals surface area contributed by atoms with Crippen molar-refractivity contribution in [2.75, 3.05) is 6.61 Å². The molecule has 0 spiro atoms. The summed E-state index contributed by atoms with van der Waals surface area (Å²) in [5, 5.41) is 1.09. The molecule has 112 valence electrons. The molecular formula is C18H23NO2. The van der Waals surface area contributed by atoms with Crippen molar-refractivity contribution >= 4 is 16.7 Å². The van der Waals surface area contributed by atoms with Crippen molar-refractivity contribution < 1.29 is 9.53 Å². The van der Waals surface area contributed by atoms with Gasteiger partial charge in [-0.05, 0) is 24.5 Å². The number of aromatic nitrogens is 1. The Morgan fingerprint density at radius 1 is 1.19 bits per heavy atom. The number of fused-ring (bicyclic) bond motifs is 1. The molecular weight excluding hydrogens is 262 g/mol. The highest BCUT2D eigenvalue weighted by Gasteiger charge is 2.31. The van der Waals surface area contributed by atoms with Gasteiger partial charge in [-0.2, -0.15) is 0 Å². The molecule has 21 heavy (non-hydrogen) atoms. The van der Waals surface area contributed by atoms with E-state index in [-0.39, 0.29) is 11.2 Å². The van der Waals surface area contributed by atoms with E-state index in [1.807, 2.05) is 64.1 Å². The second kappa shape index (κ2) is 6.35. The van der Waals surface area contributed by atoms with Gasteiger partial charge in [0.05, 0.1) is 11.9 Å². The normalized spacial score (nSPS) is 13.3. The number of ether oxygens (including phenoxy) is 1. The lowest BCUT2D eigenvalue weighted by molar-refractivity contribution is -0.136. The number of para-hydroxylation sites is 1. The van der Waals surface area contributed by atoms with Crippen LogP contribution in [0.2, 0.25) is 0 Å². The first-order chi connectivity index (χ1) is 9.91. The van der Waals surface area contributed by atoms with E-state index in [4.69, 9.17) is 4.74 Å². The summed E-state index contributed by atoms with van der Waals surface area (Å²) in [5.41, 5.74) is 1.52. The molecule has 3 nitrogen and oxygen atoms in total. The summed E-state index contributed by atoms with van der Waals surface area (Å²) >= 11 is 0. The molecule has 1 heterocycles. The van der Waals surface area contributed by atoms with Crippen LogP contribution in [0.25, 0.3) is 10.9 Å². The van der Waals surface area contributed by atoms with Crippen LogP contribution in [0, 0.1) is 5.41 Å². The monoisotopic (exact) mass is 285 g/mol. The topological polar surface area (TPSA) is 39.2 Å². The van der Waals surface area contributed by atoms with Gasteiger partial charge in [-0.15, -0.1) is 0 Å². The summed E-state index contributed by atoms with van der Waals surface area (Å²) in [5.74, 6) is 0.0899. The Morgan fingerprint density at radius 2 is 1.90 bits per heavy atom. The van der Waals surface area contributed by atoms with E-state index in [1.54, 1.807) is 0 Å². The Balaban J connectivity index is 2.19. The smallest absolute Gasteiger partial charge is 0.168 e. The predicted octanol–water partition coefficient (Wildman–Crippen LogP) is 3.80. The van der Waals surface area contributed by atoms with Crippen LogP contribution in [0.5, 0.6) is 0 Å². The molecule has 3 heteroatoms. The van der Waals surface area contributed by atoms with Gasteiger partial charge in [0.15, 0.2) is 5.78 Å². The Hall–Kier alpha value is -1.74. The summed E-state index contributed by atoms with van der Waals surface area (Å²) in [7, 11) is 0. The number of hydrogen-bond donors (Lipinski definition) is 0. The summed E-state index contributed by atoms with van der Waals surface area (Å²) in [4.78, 5) is 17.1. The van der Waals surface area contributed by atoms with Crippen LogP contribution in [0.1, 0.15) is 33.4 Å². The molecule has 0 bridgehead atoms. The fourth-order valence-corrected chi connectivity index (χ4v) is 2.47. The van der Waals surface area contributed by atoms with Gasteiger partial charge in [0.1, 0.15) is 6.10 Å². The average Bonchev–Trinajstić information content (AvgIpc) is 2.43. The van der Waals surface area contributed by atoms with Gasteiger partial charge < -0.3 is 4.74 Å². The molecule has 0 N–H and O–H groups in total. The highest BCUT2D eigenvalue weighted by Crippen LogP contribution is 2.24. The molecule has 1 atom stereocenters. The van der Waals surface area contributed by atoms with E-state index >= 15 is 0 Å². The van der Waals surface area contributed by atoms with Gasteiger partial charge in [-0.1, -0.05) is 45.0 Å². The number of ketones is 1. The Morgan fingerprint density at radius 3 is 2.57 bits per heavy atom. The summed E-state index contributed by atoms with van der Waals surface area (Å²) in [6.07, 6.45) is -0.0805. The molecule has 0 amide bonds. The van der Waals surface area contributed by atoms with Gasteiger partial charge in [0.2, 0.25) is 0 Å². The van der Waals surface area contributed by atoms with Gasteiger partial charge in [0, 0.05) is 17.7 Å². The molecule has 0 aliphatic heterocycles. The molecule has 2 aromatic rings. The maximum absolute atomic E-state index is 12.5. The highest BCUT2D eigenvalue weighted by molar-refractivity contribution is 5.86. The highest BCUT2D eigenvalue weighted by atomic mass is 16.5. The number of carbonyl (C=O) groups is 1. The van der Waals surface area contributed by atoms with Crippen LogP contribution >= 0.6 is 0 Å². The average molecular weight is 285 g/mol. The molecule has 0 radical (unpaired) electrons. The third-order valence-electron chi connectivity index (χ3n) is 3.42. The first-order valence-electron chi connectivity index (χ1n) is 7.41. The van der Waals surface area contributed by atoms with Crippen LogP contribution in [0.4, 0.5) is 0 Å². The Labute approximate surface area is 126 Å². The van der Waals surface area contributed by atoms with Crippen molar-refractivity contribution in [1.29, 1.82) is 0 Å². The van der Waals surface area contributed by atoms with Crippen LogP contribution in [-0.4, -0.2) is 23.5 Å². The van der Waals surface area contributed by atoms with E-state index in [0.29, 0.717) is 13.0 Å². The van der Waals surface area contributed by atoms with Crippen molar-refractivity contribution in [3.8, 4) is 0 Å². The molecule has 2 rings (SSSR count). The van der Waals surface area contributed by atoms with Crippen molar-refractivity contribution in [3.63, 3.8) is 0 Å². The molecule has 0 saturated heterocycles. The molecule has 1 aromatic heterocycles. The number of hydrogen-bond acceptors (Lipinski definition) is 3. The van der Waals surface area contributed by atoms with Crippen molar-refractivity contribution in [2.45, 2.75) is 40.2 Å². The van der Waals surface area contributed by atoms with Gasteiger partial charge in [-0.25, -0.2) is 0 Å². The second-order valence-electron chi connectivity index (χ2n) is 6.34. The van der Waals surface area contributed by atoms with E-state index in [9.17, 15) is 4.79 Å². The van der Waals surface area contributed by atoms with E-state index in [0.717, 1.165) is 16.6 Å². The molecule has 1 unspecified atom stereocenters. The lowest BCUT2D eigenvalue weighted by Gasteiger charge is -2.29. The van der Waals surface area contributed by atoms with Crippen molar-refractivity contribution in [3.05, 3.63) is 42.1 Å². The zero-order chi connectivity index (χ0) is 15.5. The zero-order valence-corrected chi connectivity index (χ0v) is 13.2.